The average Bonchev–Trinajstić information content (AvgIpc) is 2.53. The molecule has 1 rings (SSSR count). The number of rotatable bonds is 6. The molecule has 1 aliphatic rings. The summed E-state index contributed by atoms with van der Waals surface area (Å²) in [6.07, 6.45) is 1.67. The molecular formula is C15H29N3O3. The van der Waals surface area contributed by atoms with Gasteiger partial charge in [-0.15, -0.1) is 0 Å². The molecule has 3 N–H and O–H groups in total. The Bertz CT molecular complexity index is 345. The van der Waals surface area contributed by atoms with Gasteiger partial charge in [0.1, 0.15) is 0 Å². The summed E-state index contributed by atoms with van der Waals surface area (Å²) in [6, 6.07) is -0.305. The van der Waals surface area contributed by atoms with Crippen molar-refractivity contribution in [2.75, 3.05) is 32.7 Å². The first kappa shape index (κ1) is 17.9. The van der Waals surface area contributed by atoms with Crippen LogP contribution in [0.15, 0.2) is 0 Å². The Morgan fingerprint density at radius 2 is 2.00 bits per heavy atom. The third kappa shape index (κ3) is 8.67. The molecule has 1 heterocycles. The minimum absolute atomic E-state index is 0.0140. The fourth-order valence-corrected chi connectivity index (χ4v) is 2.66. The molecule has 0 saturated carbocycles. The number of hydrogen-bond acceptors (Lipinski definition) is 4. The van der Waals surface area contributed by atoms with E-state index < -0.39 is 5.97 Å². The highest BCUT2D eigenvalue weighted by molar-refractivity contribution is 5.79. The Hall–Kier alpha value is -1.14. The number of nitrogens with zero attached hydrogens (tertiary/aromatic N) is 1. The van der Waals surface area contributed by atoms with Crippen LogP contribution >= 0.6 is 0 Å². The van der Waals surface area contributed by atoms with Crippen LogP contribution in [0.5, 0.6) is 0 Å². The van der Waals surface area contributed by atoms with E-state index in [2.05, 4.69) is 36.3 Å². The zero-order valence-electron chi connectivity index (χ0n) is 13.4. The van der Waals surface area contributed by atoms with Gasteiger partial charge in [-0.2, -0.15) is 0 Å². The molecule has 1 aliphatic heterocycles. The van der Waals surface area contributed by atoms with Crippen LogP contribution < -0.4 is 10.6 Å². The van der Waals surface area contributed by atoms with Crippen LogP contribution in [0.3, 0.4) is 0 Å². The number of carbonyl (C=O) groups is 2. The van der Waals surface area contributed by atoms with E-state index in [9.17, 15) is 9.59 Å². The summed E-state index contributed by atoms with van der Waals surface area (Å²) in [4.78, 5) is 25.2. The lowest BCUT2D eigenvalue weighted by Gasteiger charge is -2.27. The van der Waals surface area contributed by atoms with E-state index >= 15 is 0 Å². The minimum atomic E-state index is -0.872. The molecule has 1 atom stereocenters. The van der Waals surface area contributed by atoms with Gasteiger partial charge in [0.15, 0.2) is 0 Å². The maximum absolute atomic E-state index is 12.1. The van der Waals surface area contributed by atoms with Gasteiger partial charge in [-0.05, 0) is 31.3 Å². The van der Waals surface area contributed by atoms with Gasteiger partial charge in [0.05, 0.1) is 13.0 Å². The zero-order chi connectivity index (χ0) is 15.9. The second kappa shape index (κ2) is 8.34. The van der Waals surface area contributed by atoms with Gasteiger partial charge in [0.25, 0.3) is 0 Å². The highest BCUT2D eigenvalue weighted by Gasteiger charge is 2.23. The summed E-state index contributed by atoms with van der Waals surface area (Å²) in [5.41, 5.74) is -0.0140. The second-order valence-corrected chi connectivity index (χ2v) is 7.01. The molecule has 0 aromatic carbocycles. The number of carboxylic acids is 1. The first-order valence-corrected chi connectivity index (χ1v) is 7.70. The van der Waals surface area contributed by atoms with Crippen LogP contribution in [0.1, 0.15) is 40.0 Å². The Morgan fingerprint density at radius 1 is 1.29 bits per heavy atom. The van der Waals surface area contributed by atoms with Crippen LogP contribution in [0.2, 0.25) is 0 Å². The number of hydrogen-bond donors (Lipinski definition) is 3. The number of amides is 1. The monoisotopic (exact) mass is 299 g/mol. The van der Waals surface area contributed by atoms with Crippen molar-refractivity contribution in [3.05, 3.63) is 0 Å². The summed E-state index contributed by atoms with van der Waals surface area (Å²) < 4.78 is 0. The van der Waals surface area contributed by atoms with Crippen molar-refractivity contribution in [3.63, 3.8) is 0 Å². The standard InChI is InChI=1S/C15H29N3O3/c1-15(2,3)10-12(9-14(20)21)17-13(19)11-18-7-4-5-16-6-8-18/h12,16H,4-11H2,1-3H3,(H,17,19)(H,20,21). The summed E-state index contributed by atoms with van der Waals surface area (Å²) in [7, 11) is 0. The second-order valence-electron chi connectivity index (χ2n) is 7.01. The van der Waals surface area contributed by atoms with Crippen molar-refractivity contribution >= 4 is 11.9 Å². The highest BCUT2D eigenvalue weighted by atomic mass is 16.4. The third-order valence-electron chi connectivity index (χ3n) is 3.44. The molecule has 6 nitrogen and oxygen atoms in total. The Labute approximate surface area is 127 Å². The number of carbonyl (C=O) groups excluding carboxylic acids is 1. The molecule has 6 heteroatoms. The van der Waals surface area contributed by atoms with E-state index in [1.54, 1.807) is 0 Å². The SMILES string of the molecule is CC(C)(C)CC(CC(=O)O)NC(=O)CN1CCCNCC1. The van der Waals surface area contributed by atoms with Gasteiger partial charge < -0.3 is 15.7 Å². The van der Waals surface area contributed by atoms with Crippen molar-refractivity contribution in [1.29, 1.82) is 0 Å². The molecular weight excluding hydrogens is 270 g/mol. The van der Waals surface area contributed by atoms with Crippen LogP contribution in [-0.4, -0.2) is 60.6 Å². The molecule has 1 saturated heterocycles. The fraction of sp³-hybridized carbons (Fsp3) is 0.867. The molecule has 0 aromatic rings. The smallest absolute Gasteiger partial charge is 0.305 e. The lowest BCUT2D eigenvalue weighted by Crippen LogP contribution is -2.45. The van der Waals surface area contributed by atoms with E-state index in [1.165, 1.54) is 0 Å². The van der Waals surface area contributed by atoms with Crippen molar-refractivity contribution < 1.29 is 14.7 Å². The molecule has 0 aromatic heterocycles. The van der Waals surface area contributed by atoms with Crippen molar-refractivity contribution in [3.8, 4) is 0 Å². The Morgan fingerprint density at radius 3 is 2.62 bits per heavy atom. The van der Waals surface area contributed by atoms with E-state index in [0.717, 1.165) is 32.6 Å². The van der Waals surface area contributed by atoms with Crippen LogP contribution in [-0.2, 0) is 9.59 Å². The van der Waals surface area contributed by atoms with E-state index in [-0.39, 0.29) is 23.8 Å². The number of nitrogens with one attached hydrogen (secondary N) is 2. The van der Waals surface area contributed by atoms with Crippen molar-refractivity contribution in [1.82, 2.24) is 15.5 Å². The molecule has 0 aliphatic carbocycles. The van der Waals surface area contributed by atoms with Gasteiger partial charge in [0, 0.05) is 19.1 Å². The summed E-state index contributed by atoms with van der Waals surface area (Å²) >= 11 is 0. The van der Waals surface area contributed by atoms with Gasteiger partial charge in [0.2, 0.25) is 5.91 Å². The molecule has 122 valence electrons. The van der Waals surface area contributed by atoms with Crippen LogP contribution in [0.25, 0.3) is 0 Å². The average molecular weight is 299 g/mol. The highest BCUT2D eigenvalue weighted by Crippen LogP contribution is 2.22. The molecule has 1 amide bonds. The summed E-state index contributed by atoms with van der Waals surface area (Å²) in [5, 5.41) is 15.2. The zero-order valence-corrected chi connectivity index (χ0v) is 13.4. The fourth-order valence-electron chi connectivity index (χ4n) is 2.66. The van der Waals surface area contributed by atoms with E-state index in [1.807, 2.05) is 0 Å². The van der Waals surface area contributed by atoms with Gasteiger partial charge >= 0.3 is 5.97 Å². The van der Waals surface area contributed by atoms with Gasteiger partial charge in [-0.1, -0.05) is 20.8 Å². The quantitative estimate of drug-likeness (QED) is 0.672. The third-order valence-corrected chi connectivity index (χ3v) is 3.44. The van der Waals surface area contributed by atoms with E-state index in [0.29, 0.717) is 13.0 Å². The predicted octanol–water partition coefficient (Wildman–Crippen LogP) is 0.677. The Balaban J connectivity index is 2.48. The topological polar surface area (TPSA) is 81.7 Å². The minimum Gasteiger partial charge on any atom is -0.481 e. The largest absolute Gasteiger partial charge is 0.481 e. The molecule has 1 unspecified atom stereocenters. The molecule has 0 spiro atoms. The van der Waals surface area contributed by atoms with Crippen LogP contribution in [0.4, 0.5) is 0 Å². The maximum atomic E-state index is 12.1. The van der Waals surface area contributed by atoms with Crippen LogP contribution in [0, 0.1) is 5.41 Å². The van der Waals surface area contributed by atoms with Crippen molar-refractivity contribution in [2.45, 2.75) is 46.1 Å². The molecule has 21 heavy (non-hydrogen) atoms. The lowest BCUT2D eigenvalue weighted by molar-refractivity contribution is -0.138. The Kier molecular flexibility index (Phi) is 7.11. The van der Waals surface area contributed by atoms with Crippen molar-refractivity contribution in [2.24, 2.45) is 5.41 Å². The first-order chi connectivity index (χ1) is 9.76. The summed E-state index contributed by atoms with van der Waals surface area (Å²) in [5.74, 6) is -0.948. The van der Waals surface area contributed by atoms with Gasteiger partial charge in [-0.3, -0.25) is 14.5 Å². The normalized spacial score (nSPS) is 18.8. The van der Waals surface area contributed by atoms with E-state index in [4.69, 9.17) is 5.11 Å². The number of carboxylic acid groups (broad SMARTS) is 1. The molecule has 0 radical (unpaired) electrons. The number of aliphatic carboxylic acids is 1. The summed E-state index contributed by atoms with van der Waals surface area (Å²) in [6.45, 7) is 10.1. The predicted molar refractivity (Wildman–Crippen MR) is 82.2 cm³/mol. The molecule has 0 bridgehead atoms. The lowest BCUT2D eigenvalue weighted by atomic mass is 9.87. The molecule has 1 fully saturated rings. The maximum Gasteiger partial charge on any atom is 0.305 e. The first-order valence-electron chi connectivity index (χ1n) is 7.70. The van der Waals surface area contributed by atoms with Gasteiger partial charge in [-0.25, -0.2) is 0 Å².